The number of aryl methyl sites for hydroxylation is 1. The molecule has 2 rings (SSSR count). The van der Waals surface area contributed by atoms with Gasteiger partial charge >= 0.3 is 0 Å². The highest BCUT2D eigenvalue weighted by molar-refractivity contribution is 5.54. The topological polar surface area (TPSA) is 36.4 Å². The zero-order chi connectivity index (χ0) is 12.3. The minimum absolute atomic E-state index is 0.0752. The minimum atomic E-state index is 0.0752. The molecule has 1 aliphatic rings. The molecule has 0 saturated carbocycles. The summed E-state index contributed by atoms with van der Waals surface area (Å²) in [4.78, 5) is 6.70. The van der Waals surface area contributed by atoms with Gasteiger partial charge < -0.3 is 10.0 Å². The first-order chi connectivity index (χ1) is 8.22. The summed E-state index contributed by atoms with van der Waals surface area (Å²) in [7, 11) is 0. The number of nitrogens with zero attached hydrogens (tertiary/aromatic N) is 2. The molecule has 1 fully saturated rings. The van der Waals surface area contributed by atoms with Gasteiger partial charge in [-0.15, -0.1) is 0 Å². The molecule has 1 aromatic heterocycles. The third kappa shape index (κ3) is 2.78. The number of aliphatic hydroxyl groups excluding tert-OH is 1. The van der Waals surface area contributed by atoms with Gasteiger partial charge in [0.1, 0.15) is 0 Å². The minimum Gasteiger partial charge on any atom is -0.392 e. The van der Waals surface area contributed by atoms with Crippen LogP contribution in [0, 0.1) is 6.92 Å². The summed E-state index contributed by atoms with van der Waals surface area (Å²) in [6.07, 6.45) is 6.93. The number of rotatable bonds is 2. The first-order valence-corrected chi connectivity index (χ1v) is 6.55. The maximum absolute atomic E-state index is 9.43. The molecule has 17 heavy (non-hydrogen) atoms. The van der Waals surface area contributed by atoms with E-state index in [0.717, 1.165) is 17.8 Å². The second-order valence-electron chi connectivity index (χ2n) is 5.00. The summed E-state index contributed by atoms with van der Waals surface area (Å²) in [5.41, 5.74) is 3.15. The number of hydrogen-bond donors (Lipinski definition) is 1. The molecule has 3 nitrogen and oxygen atoms in total. The Morgan fingerprint density at radius 1 is 1.41 bits per heavy atom. The largest absolute Gasteiger partial charge is 0.392 e. The predicted molar refractivity (Wildman–Crippen MR) is 70.2 cm³/mol. The molecule has 0 aromatic carbocycles. The highest BCUT2D eigenvalue weighted by atomic mass is 16.3. The van der Waals surface area contributed by atoms with Gasteiger partial charge in [-0.3, -0.25) is 4.98 Å². The molecule has 0 spiro atoms. The molecule has 0 amide bonds. The predicted octanol–water partition coefficient (Wildman–Crippen LogP) is 2.65. The van der Waals surface area contributed by atoms with Crippen LogP contribution >= 0.6 is 0 Å². The van der Waals surface area contributed by atoms with Gasteiger partial charge in [0.25, 0.3) is 0 Å². The first-order valence-electron chi connectivity index (χ1n) is 6.55. The van der Waals surface area contributed by atoms with Crippen LogP contribution in [-0.4, -0.2) is 22.7 Å². The lowest BCUT2D eigenvalue weighted by molar-refractivity contribution is 0.281. The summed E-state index contributed by atoms with van der Waals surface area (Å²) >= 11 is 0. The maximum atomic E-state index is 9.43. The van der Waals surface area contributed by atoms with E-state index in [1.807, 2.05) is 13.1 Å². The van der Waals surface area contributed by atoms with E-state index in [9.17, 15) is 5.11 Å². The van der Waals surface area contributed by atoms with Gasteiger partial charge in [-0.05, 0) is 32.8 Å². The van der Waals surface area contributed by atoms with E-state index in [0.29, 0.717) is 6.04 Å². The van der Waals surface area contributed by atoms with Gasteiger partial charge in [-0.1, -0.05) is 12.8 Å². The summed E-state index contributed by atoms with van der Waals surface area (Å²) in [5, 5.41) is 9.43. The van der Waals surface area contributed by atoms with Crippen molar-refractivity contribution in [2.45, 2.75) is 52.2 Å². The van der Waals surface area contributed by atoms with Crippen molar-refractivity contribution >= 4 is 5.69 Å². The Kier molecular flexibility index (Phi) is 4.00. The lowest BCUT2D eigenvalue weighted by Crippen LogP contribution is -2.33. The molecular formula is C14H22N2O. The van der Waals surface area contributed by atoms with Gasteiger partial charge in [0.2, 0.25) is 0 Å². The molecule has 0 radical (unpaired) electrons. The zero-order valence-corrected chi connectivity index (χ0v) is 10.8. The maximum Gasteiger partial charge on any atom is 0.0717 e. The Morgan fingerprint density at radius 2 is 2.24 bits per heavy atom. The van der Waals surface area contributed by atoms with E-state index < -0.39 is 0 Å². The summed E-state index contributed by atoms with van der Waals surface area (Å²) in [5.74, 6) is 0. The third-order valence-corrected chi connectivity index (χ3v) is 3.63. The molecule has 0 bridgehead atoms. The fraction of sp³-hybridized carbons (Fsp3) is 0.643. The van der Waals surface area contributed by atoms with Crippen LogP contribution in [0.15, 0.2) is 12.3 Å². The fourth-order valence-corrected chi connectivity index (χ4v) is 2.60. The highest BCUT2D eigenvalue weighted by Gasteiger charge is 2.19. The average molecular weight is 234 g/mol. The summed E-state index contributed by atoms with van der Waals surface area (Å²) in [6, 6.07) is 2.66. The molecule has 1 atom stereocenters. The van der Waals surface area contributed by atoms with Crippen molar-refractivity contribution in [3.63, 3.8) is 0 Å². The Balaban J connectivity index is 2.32. The van der Waals surface area contributed by atoms with Crippen molar-refractivity contribution in [3.05, 3.63) is 23.5 Å². The SMILES string of the molecule is Cc1cc(N2CCCCCC2C)c(CO)cn1. The quantitative estimate of drug-likeness (QED) is 0.854. The van der Waals surface area contributed by atoms with Gasteiger partial charge in [0.05, 0.1) is 6.61 Å². The van der Waals surface area contributed by atoms with Gasteiger partial charge in [-0.2, -0.15) is 0 Å². The number of hydrogen-bond acceptors (Lipinski definition) is 3. The van der Waals surface area contributed by atoms with Gasteiger partial charge in [0.15, 0.2) is 0 Å². The molecule has 1 aromatic rings. The molecule has 2 heterocycles. The van der Waals surface area contributed by atoms with E-state index in [-0.39, 0.29) is 6.61 Å². The molecule has 1 unspecified atom stereocenters. The molecule has 1 aliphatic heterocycles. The molecule has 1 saturated heterocycles. The average Bonchev–Trinajstić information content (AvgIpc) is 2.54. The van der Waals surface area contributed by atoms with Gasteiger partial charge in [0, 0.05) is 35.7 Å². The van der Waals surface area contributed by atoms with Crippen molar-refractivity contribution < 1.29 is 5.11 Å². The van der Waals surface area contributed by atoms with Crippen molar-refractivity contribution in [3.8, 4) is 0 Å². The molecular weight excluding hydrogens is 212 g/mol. The molecule has 1 N–H and O–H groups in total. The van der Waals surface area contributed by atoms with Crippen molar-refractivity contribution in [2.24, 2.45) is 0 Å². The first kappa shape index (κ1) is 12.4. The summed E-state index contributed by atoms with van der Waals surface area (Å²) in [6.45, 7) is 5.46. The van der Waals surface area contributed by atoms with Crippen LogP contribution in [0.2, 0.25) is 0 Å². The Bertz CT molecular complexity index is 378. The lowest BCUT2D eigenvalue weighted by Gasteiger charge is -2.31. The van der Waals surface area contributed by atoms with Crippen LogP contribution in [0.5, 0.6) is 0 Å². The lowest BCUT2D eigenvalue weighted by atomic mass is 10.1. The van der Waals surface area contributed by atoms with E-state index in [1.165, 1.54) is 31.4 Å². The van der Waals surface area contributed by atoms with Crippen molar-refractivity contribution in [1.82, 2.24) is 4.98 Å². The second-order valence-corrected chi connectivity index (χ2v) is 5.00. The summed E-state index contributed by atoms with van der Waals surface area (Å²) < 4.78 is 0. The van der Waals surface area contributed by atoms with E-state index in [2.05, 4.69) is 22.9 Å². The third-order valence-electron chi connectivity index (χ3n) is 3.63. The van der Waals surface area contributed by atoms with E-state index >= 15 is 0 Å². The number of anilines is 1. The van der Waals surface area contributed by atoms with Crippen molar-refractivity contribution in [1.29, 1.82) is 0 Å². The van der Waals surface area contributed by atoms with E-state index in [1.54, 1.807) is 0 Å². The number of pyridine rings is 1. The Labute approximate surface area is 103 Å². The normalized spacial score (nSPS) is 21.4. The smallest absolute Gasteiger partial charge is 0.0717 e. The number of aromatic nitrogens is 1. The fourth-order valence-electron chi connectivity index (χ4n) is 2.60. The van der Waals surface area contributed by atoms with Crippen LogP contribution < -0.4 is 4.90 Å². The highest BCUT2D eigenvalue weighted by Crippen LogP contribution is 2.27. The van der Waals surface area contributed by atoms with Crippen LogP contribution in [0.3, 0.4) is 0 Å². The van der Waals surface area contributed by atoms with Crippen molar-refractivity contribution in [2.75, 3.05) is 11.4 Å². The standard InChI is InChI=1S/C14H22N2O/c1-11-8-14(13(10-17)9-15-11)16-7-5-3-4-6-12(16)2/h8-9,12,17H,3-7,10H2,1-2H3. The zero-order valence-electron chi connectivity index (χ0n) is 10.8. The number of aliphatic hydroxyl groups is 1. The molecule has 3 heteroatoms. The van der Waals surface area contributed by atoms with Crippen LogP contribution in [0.1, 0.15) is 43.9 Å². The Morgan fingerprint density at radius 3 is 3.00 bits per heavy atom. The monoisotopic (exact) mass is 234 g/mol. The molecule has 94 valence electrons. The van der Waals surface area contributed by atoms with E-state index in [4.69, 9.17) is 0 Å². The Hall–Kier alpha value is -1.09. The molecule has 0 aliphatic carbocycles. The second kappa shape index (κ2) is 5.50. The van der Waals surface area contributed by atoms with Gasteiger partial charge in [-0.25, -0.2) is 0 Å². The van der Waals surface area contributed by atoms with Crippen LogP contribution in [-0.2, 0) is 6.61 Å². The van der Waals surface area contributed by atoms with Crippen LogP contribution in [0.25, 0.3) is 0 Å². The van der Waals surface area contributed by atoms with Crippen LogP contribution in [0.4, 0.5) is 5.69 Å².